The van der Waals surface area contributed by atoms with E-state index in [0.717, 1.165) is 0 Å². The molecule has 0 heterocycles. The van der Waals surface area contributed by atoms with Gasteiger partial charge >= 0.3 is 17.9 Å². The van der Waals surface area contributed by atoms with Crippen molar-refractivity contribution in [3.63, 3.8) is 0 Å². The molecule has 6 nitrogen and oxygen atoms in total. The predicted octanol–water partition coefficient (Wildman–Crippen LogP) is 5.34. The Morgan fingerprint density at radius 3 is 2.09 bits per heavy atom. The summed E-state index contributed by atoms with van der Waals surface area (Å²) in [6.07, 6.45) is 0.131. The van der Waals surface area contributed by atoms with Crippen molar-refractivity contribution >= 4 is 17.9 Å². The van der Waals surface area contributed by atoms with Crippen molar-refractivity contribution in [2.75, 3.05) is 6.61 Å². The molecule has 0 saturated carbocycles. The molecule has 0 amide bonds. The van der Waals surface area contributed by atoms with Crippen molar-refractivity contribution in [2.45, 2.75) is 26.7 Å². The minimum atomic E-state index is -0.679. The molecule has 0 fully saturated rings. The van der Waals surface area contributed by atoms with E-state index >= 15 is 0 Å². The Labute approximate surface area is 192 Å². The minimum Gasteiger partial charge on any atom is -0.462 e. The van der Waals surface area contributed by atoms with Crippen LogP contribution in [0, 0.1) is 5.82 Å². The fourth-order valence-corrected chi connectivity index (χ4v) is 2.56. The molecule has 0 atom stereocenters. The molecule has 0 spiro atoms. The molecule has 172 valence electrons. The molecule has 0 aliphatic heterocycles. The van der Waals surface area contributed by atoms with E-state index in [1.807, 2.05) is 0 Å². The van der Waals surface area contributed by atoms with E-state index < -0.39 is 23.7 Å². The molecule has 0 unspecified atom stereocenters. The van der Waals surface area contributed by atoms with E-state index in [-0.39, 0.29) is 42.1 Å². The Kier molecular flexibility index (Phi) is 8.86. The van der Waals surface area contributed by atoms with Gasteiger partial charge in [0.05, 0.1) is 13.0 Å². The zero-order chi connectivity index (χ0) is 24.5. The van der Waals surface area contributed by atoms with Gasteiger partial charge in [-0.15, -0.1) is 0 Å². The number of hydrogen-bond donors (Lipinski definition) is 0. The number of hydrogen-bond acceptors (Lipinski definition) is 6. The van der Waals surface area contributed by atoms with Crippen molar-refractivity contribution in [1.29, 1.82) is 0 Å². The summed E-state index contributed by atoms with van der Waals surface area (Å²) in [5.41, 5.74) is 2.24. The van der Waals surface area contributed by atoms with Crippen molar-refractivity contribution in [3.05, 3.63) is 84.7 Å². The fraction of sp³-hybridized carbons (Fsp3) is 0.192. The van der Waals surface area contributed by atoms with Gasteiger partial charge in [0.15, 0.2) is 11.6 Å². The number of carbonyl (C=O) groups is 3. The highest BCUT2D eigenvalue weighted by molar-refractivity contribution is 5.90. The zero-order valence-corrected chi connectivity index (χ0v) is 18.6. The van der Waals surface area contributed by atoms with Crippen LogP contribution in [0.2, 0.25) is 0 Å². The van der Waals surface area contributed by atoms with Gasteiger partial charge < -0.3 is 14.2 Å². The molecule has 0 radical (unpaired) electrons. The number of esters is 3. The molecule has 0 saturated heterocycles. The highest BCUT2D eigenvalue weighted by Gasteiger charge is 2.13. The van der Waals surface area contributed by atoms with Gasteiger partial charge in [0.1, 0.15) is 5.75 Å². The van der Waals surface area contributed by atoms with Crippen LogP contribution >= 0.6 is 0 Å². The minimum absolute atomic E-state index is 0.00738. The maximum atomic E-state index is 14.4. The van der Waals surface area contributed by atoms with E-state index in [1.165, 1.54) is 19.1 Å². The predicted molar refractivity (Wildman–Crippen MR) is 122 cm³/mol. The summed E-state index contributed by atoms with van der Waals surface area (Å²) in [6, 6.07) is 10.7. The molecule has 33 heavy (non-hydrogen) atoms. The lowest BCUT2D eigenvalue weighted by atomic mass is 10.1. The number of benzene rings is 2. The van der Waals surface area contributed by atoms with Crippen molar-refractivity contribution in [3.8, 4) is 22.6 Å². The lowest BCUT2D eigenvalue weighted by Gasteiger charge is -2.10. The van der Waals surface area contributed by atoms with Crippen molar-refractivity contribution < 1.29 is 33.0 Å². The standard InChI is InChI=1S/C26H25FO6/c1-16(2)14-24(28)33-23-11-8-20(15-22(23)27)19-6-9-21(10-7-19)32-26(30)18(5)12-13-31-25(29)17(3)4/h6-11,15H,1,3,5,12-14H2,2,4H3. The molecule has 2 aromatic carbocycles. The first-order valence-electron chi connectivity index (χ1n) is 10.0. The van der Waals surface area contributed by atoms with Crippen LogP contribution < -0.4 is 9.47 Å². The van der Waals surface area contributed by atoms with Crippen LogP contribution in [-0.4, -0.2) is 24.5 Å². The third-order valence-corrected chi connectivity index (χ3v) is 4.27. The first-order chi connectivity index (χ1) is 15.6. The Hall–Kier alpha value is -4.00. The summed E-state index contributed by atoms with van der Waals surface area (Å²) in [5, 5.41) is 0. The summed E-state index contributed by atoms with van der Waals surface area (Å²) in [6.45, 7) is 13.9. The molecule has 0 aliphatic rings. The Morgan fingerprint density at radius 1 is 0.879 bits per heavy atom. The third kappa shape index (κ3) is 7.88. The average molecular weight is 452 g/mol. The molecular formula is C26H25FO6. The molecule has 2 rings (SSSR count). The van der Waals surface area contributed by atoms with Gasteiger partial charge in [0, 0.05) is 17.6 Å². The monoisotopic (exact) mass is 452 g/mol. The fourth-order valence-electron chi connectivity index (χ4n) is 2.56. The van der Waals surface area contributed by atoms with Crippen LogP contribution in [0.15, 0.2) is 78.9 Å². The summed E-state index contributed by atoms with van der Waals surface area (Å²) < 4.78 is 29.5. The van der Waals surface area contributed by atoms with Crippen LogP contribution in [0.5, 0.6) is 11.5 Å². The normalized spacial score (nSPS) is 10.2. The van der Waals surface area contributed by atoms with Crippen LogP contribution in [0.4, 0.5) is 4.39 Å². The number of ether oxygens (including phenoxy) is 3. The van der Waals surface area contributed by atoms with Gasteiger partial charge in [-0.3, -0.25) is 4.79 Å². The lowest BCUT2D eigenvalue weighted by Crippen LogP contribution is -2.13. The van der Waals surface area contributed by atoms with E-state index in [2.05, 4.69) is 19.7 Å². The smallest absolute Gasteiger partial charge is 0.338 e. The molecule has 7 heteroatoms. The number of halogens is 1. The number of carbonyl (C=O) groups excluding carboxylic acids is 3. The number of rotatable bonds is 10. The topological polar surface area (TPSA) is 78.9 Å². The summed E-state index contributed by atoms with van der Waals surface area (Å²) >= 11 is 0. The second-order valence-corrected chi connectivity index (χ2v) is 7.44. The first kappa shape index (κ1) is 25.3. The molecular weight excluding hydrogens is 427 g/mol. The van der Waals surface area contributed by atoms with Crippen molar-refractivity contribution in [1.82, 2.24) is 0 Å². The second-order valence-electron chi connectivity index (χ2n) is 7.44. The van der Waals surface area contributed by atoms with Gasteiger partial charge in [-0.1, -0.05) is 43.5 Å². The Bertz CT molecular complexity index is 1100. The summed E-state index contributed by atoms with van der Waals surface area (Å²) in [4.78, 5) is 35.2. The van der Waals surface area contributed by atoms with Gasteiger partial charge in [-0.25, -0.2) is 14.0 Å². The van der Waals surface area contributed by atoms with E-state index in [4.69, 9.17) is 14.2 Å². The van der Waals surface area contributed by atoms with Gasteiger partial charge in [-0.05, 0) is 49.2 Å². The molecule has 0 aliphatic carbocycles. The first-order valence-corrected chi connectivity index (χ1v) is 10.0. The van der Waals surface area contributed by atoms with Gasteiger partial charge in [0.25, 0.3) is 0 Å². The van der Waals surface area contributed by atoms with E-state index in [0.29, 0.717) is 16.7 Å². The SMILES string of the molecule is C=C(C)CC(=O)Oc1ccc(-c2ccc(OC(=O)C(=C)CCOC(=O)C(=C)C)cc2)cc1F. The maximum Gasteiger partial charge on any atom is 0.338 e. The van der Waals surface area contributed by atoms with Crippen LogP contribution in [0.1, 0.15) is 26.7 Å². The summed E-state index contributed by atoms with van der Waals surface area (Å²) in [7, 11) is 0. The Balaban J connectivity index is 1.96. The van der Waals surface area contributed by atoms with Crippen molar-refractivity contribution in [2.24, 2.45) is 0 Å². The van der Waals surface area contributed by atoms with Crippen LogP contribution in [-0.2, 0) is 19.1 Å². The third-order valence-electron chi connectivity index (χ3n) is 4.27. The highest BCUT2D eigenvalue weighted by Crippen LogP contribution is 2.27. The maximum absolute atomic E-state index is 14.4. The molecule has 2 aromatic rings. The second kappa shape index (κ2) is 11.6. The largest absolute Gasteiger partial charge is 0.462 e. The highest BCUT2D eigenvalue weighted by atomic mass is 19.1. The van der Waals surface area contributed by atoms with Crippen LogP contribution in [0.25, 0.3) is 11.1 Å². The quantitative estimate of drug-likeness (QED) is 0.210. The van der Waals surface area contributed by atoms with Gasteiger partial charge in [0.2, 0.25) is 0 Å². The Morgan fingerprint density at radius 2 is 1.52 bits per heavy atom. The molecule has 0 aromatic heterocycles. The average Bonchev–Trinajstić information content (AvgIpc) is 2.74. The van der Waals surface area contributed by atoms with E-state index in [9.17, 15) is 18.8 Å². The van der Waals surface area contributed by atoms with Crippen LogP contribution in [0.3, 0.4) is 0 Å². The molecule has 0 N–H and O–H groups in total. The van der Waals surface area contributed by atoms with E-state index in [1.54, 1.807) is 37.3 Å². The summed E-state index contributed by atoms with van der Waals surface area (Å²) in [5.74, 6) is -2.35. The van der Waals surface area contributed by atoms with Gasteiger partial charge in [-0.2, -0.15) is 0 Å². The zero-order valence-electron chi connectivity index (χ0n) is 18.6. The molecule has 0 bridgehead atoms. The lowest BCUT2D eigenvalue weighted by molar-refractivity contribution is -0.139.